The molecular weight excluding hydrogens is 482 g/mol. The molecule has 1 aromatic heterocycles. The highest BCUT2D eigenvalue weighted by Gasteiger charge is 2.31. The predicted octanol–water partition coefficient (Wildman–Crippen LogP) is 4.47. The summed E-state index contributed by atoms with van der Waals surface area (Å²) in [5, 5.41) is 1.07. The number of rotatable bonds is 10. The third-order valence-corrected chi connectivity index (χ3v) is 7.48. The first kappa shape index (κ1) is 27.7. The molecule has 0 saturated heterocycles. The van der Waals surface area contributed by atoms with Gasteiger partial charge >= 0.3 is 5.97 Å². The predicted molar refractivity (Wildman–Crippen MR) is 135 cm³/mol. The maximum Gasteiger partial charge on any atom is 0.326 e. The van der Waals surface area contributed by atoms with Gasteiger partial charge in [0.15, 0.2) is 5.16 Å². The quantitative estimate of drug-likeness (QED) is 0.217. The lowest BCUT2D eigenvalue weighted by Crippen LogP contribution is -2.41. The maximum absolute atomic E-state index is 12.8. The van der Waals surface area contributed by atoms with E-state index in [0.29, 0.717) is 22.3 Å². The first-order chi connectivity index (χ1) is 15.5. The highest BCUT2D eigenvalue weighted by Crippen LogP contribution is 2.30. The minimum atomic E-state index is -1.29. The van der Waals surface area contributed by atoms with Crippen LogP contribution in [0.3, 0.4) is 0 Å². The molecule has 0 saturated carbocycles. The Labute approximate surface area is 208 Å². The summed E-state index contributed by atoms with van der Waals surface area (Å²) in [6.45, 7) is 9.50. The minimum Gasteiger partial charge on any atom is -0.598 e. The Balaban J connectivity index is 2.33. The molecule has 1 aromatic carbocycles. The first-order valence-electron chi connectivity index (χ1n) is 10.7. The van der Waals surface area contributed by atoms with Crippen LogP contribution in [0.1, 0.15) is 64.3 Å². The molecule has 0 radical (unpaired) electrons. The summed E-state index contributed by atoms with van der Waals surface area (Å²) in [4.78, 5) is 29.3. The van der Waals surface area contributed by atoms with Crippen LogP contribution in [-0.4, -0.2) is 37.7 Å². The van der Waals surface area contributed by atoms with Crippen LogP contribution in [0.5, 0.6) is 0 Å². The van der Waals surface area contributed by atoms with Gasteiger partial charge in [-0.1, -0.05) is 42.4 Å². The van der Waals surface area contributed by atoms with E-state index in [0.717, 1.165) is 5.56 Å². The smallest absolute Gasteiger partial charge is 0.326 e. The highest BCUT2D eigenvalue weighted by atomic mass is 35.5. The van der Waals surface area contributed by atoms with Gasteiger partial charge in [0.1, 0.15) is 11.3 Å². The zero-order chi connectivity index (χ0) is 24.8. The second kappa shape index (κ2) is 12.3. The number of hydrogen-bond acceptors (Lipinski definition) is 7. The molecule has 0 aliphatic heterocycles. The monoisotopic (exact) mass is 513 g/mol. The summed E-state index contributed by atoms with van der Waals surface area (Å²) < 4.78 is 21.9. The topological polar surface area (TPSA) is 96.3 Å². The molecule has 0 aliphatic carbocycles. The van der Waals surface area contributed by atoms with E-state index in [1.54, 1.807) is 19.1 Å². The molecule has 2 aromatic rings. The third-order valence-electron chi connectivity index (χ3n) is 4.94. The molecule has 0 bridgehead atoms. The molecule has 0 fully saturated rings. The molecule has 1 N–H and O–H groups in total. The van der Waals surface area contributed by atoms with Crippen molar-refractivity contribution >= 4 is 40.7 Å². The largest absolute Gasteiger partial charge is 0.598 e. The fraction of sp³-hybridized carbons (Fsp3) is 0.522. The van der Waals surface area contributed by atoms with Gasteiger partial charge in [-0.15, -0.1) is 4.72 Å². The van der Waals surface area contributed by atoms with Crippen molar-refractivity contribution in [3.8, 4) is 0 Å². The third kappa shape index (κ3) is 8.03. The number of halogens is 1. The van der Waals surface area contributed by atoms with Crippen molar-refractivity contribution in [3.63, 3.8) is 0 Å². The summed E-state index contributed by atoms with van der Waals surface area (Å²) >= 11 is 6.06. The standard InChI is InChI=1S/C23H32ClN3O4S2/c1-7-31-21(29)14-27-20(28)13-18(25-22(27)32-6)15(2)12-19(26-33(30)23(3,4)5)16-8-10-17(24)11-9-16/h8-11,13,15,19,26H,7,12,14H2,1-6H3/t15-,19-,33?/m0/s1. The van der Waals surface area contributed by atoms with E-state index in [2.05, 4.69) is 9.71 Å². The fourth-order valence-electron chi connectivity index (χ4n) is 3.12. The Morgan fingerprint density at radius 1 is 1.33 bits per heavy atom. The average molecular weight is 514 g/mol. The number of aromatic nitrogens is 2. The van der Waals surface area contributed by atoms with Gasteiger partial charge in [-0.25, -0.2) is 4.98 Å². The molecule has 7 nitrogen and oxygen atoms in total. The number of ether oxygens (including phenoxy) is 1. The van der Waals surface area contributed by atoms with Gasteiger partial charge in [0.05, 0.1) is 18.3 Å². The van der Waals surface area contributed by atoms with Crippen molar-refractivity contribution < 1.29 is 14.1 Å². The second-order valence-electron chi connectivity index (χ2n) is 8.64. The fourth-order valence-corrected chi connectivity index (χ4v) is 4.66. The van der Waals surface area contributed by atoms with Crippen LogP contribution in [-0.2, 0) is 27.4 Å². The molecule has 182 valence electrons. The van der Waals surface area contributed by atoms with Crippen LogP contribution in [0.4, 0.5) is 0 Å². The maximum atomic E-state index is 12.8. The SMILES string of the molecule is CCOC(=O)Cn1c(SC)nc([C@@H](C)C[C@H](N[S+]([O-])C(C)(C)C)c2ccc(Cl)cc2)cc1=O. The molecule has 0 amide bonds. The van der Waals surface area contributed by atoms with E-state index in [9.17, 15) is 14.1 Å². The van der Waals surface area contributed by atoms with Crippen molar-refractivity contribution in [3.05, 3.63) is 57.0 Å². The van der Waals surface area contributed by atoms with E-state index >= 15 is 0 Å². The summed E-state index contributed by atoms with van der Waals surface area (Å²) in [7, 11) is 0. The van der Waals surface area contributed by atoms with Gasteiger partial charge in [0, 0.05) is 28.4 Å². The van der Waals surface area contributed by atoms with E-state index in [1.807, 2.05) is 46.1 Å². The molecule has 2 rings (SSSR count). The number of nitrogens with zero attached hydrogens (tertiary/aromatic N) is 2. The van der Waals surface area contributed by atoms with E-state index in [1.165, 1.54) is 22.4 Å². The normalized spacial score (nSPS) is 14.5. The van der Waals surface area contributed by atoms with Crippen LogP contribution in [0.15, 0.2) is 40.3 Å². The van der Waals surface area contributed by atoms with Crippen molar-refractivity contribution in [2.75, 3.05) is 12.9 Å². The summed E-state index contributed by atoms with van der Waals surface area (Å²) in [5.41, 5.74) is 1.26. The van der Waals surface area contributed by atoms with Crippen LogP contribution >= 0.6 is 23.4 Å². The number of benzene rings is 1. The van der Waals surface area contributed by atoms with E-state index < -0.39 is 22.1 Å². The van der Waals surface area contributed by atoms with Gasteiger partial charge in [-0.2, -0.15) is 0 Å². The zero-order valence-electron chi connectivity index (χ0n) is 19.9. The lowest BCUT2D eigenvalue weighted by molar-refractivity contribution is -0.144. The molecule has 1 unspecified atom stereocenters. The number of hydrogen-bond donors (Lipinski definition) is 1. The van der Waals surface area contributed by atoms with Crippen LogP contribution < -0.4 is 10.3 Å². The van der Waals surface area contributed by atoms with E-state index in [-0.39, 0.29) is 30.7 Å². The Kier molecular flexibility index (Phi) is 10.3. The molecule has 1 heterocycles. The van der Waals surface area contributed by atoms with Crippen LogP contribution in [0.25, 0.3) is 0 Å². The summed E-state index contributed by atoms with van der Waals surface area (Å²) in [5.74, 6) is -0.597. The number of nitrogens with one attached hydrogen (secondary N) is 1. The molecule has 33 heavy (non-hydrogen) atoms. The molecule has 0 aliphatic rings. The second-order valence-corrected chi connectivity index (χ2v) is 11.8. The molecule has 3 atom stereocenters. The Morgan fingerprint density at radius 2 is 1.97 bits per heavy atom. The minimum absolute atomic E-state index is 0.119. The number of esters is 1. The summed E-state index contributed by atoms with van der Waals surface area (Å²) in [6.07, 6.45) is 2.37. The van der Waals surface area contributed by atoms with Crippen LogP contribution in [0, 0.1) is 0 Å². The van der Waals surface area contributed by atoms with Gasteiger partial charge in [0.25, 0.3) is 5.56 Å². The average Bonchev–Trinajstić information content (AvgIpc) is 2.74. The Bertz CT molecular complexity index is 993. The lowest BCUT2D eigenvalue weighted by atomic mass is 9.94. The Morgan fingerprint density at radius 3 is 2.52 bits per heavy atom. The van der Waals surface area contributed by atoms with Crippen molar-refractivity contribution in [1.29, 1.82) is 0 Å². The number of thioether (sulfide) groups is 1. The van der Waals surface area contributed by atoms with E-state index in [4.69, 9.17) is 16.3 Å². The molecule has 10 heteroatoms. The van der Waals surface area contributed by atoms with Gasteiger partial charge in [-0.05, 0) is 58.1 Å². The first-order valence-corrected chi connectivity index (χ1v) is 13.5. The zero-order valence-corrected chi connectivity index (χ0v) is 22.3. The van der Waals surface area contributed by atoms with Crippen molar-refractivity contribution in [2.45, 2.75) is 69.4 Å². The van der Waals surface area contributed by atoms with Gasteiger partial charge in [0.2, 0.25) is 0 Å². The van der Waals surface area contributed by atoms with Crippen molar-refractivity contribution in [2.24, 2.45) is 0 Å². The highest BCUT2D eigenvalue weighted by molar-refractivity contribution is 7.98. The van der Waals surface area contributed by atoms with Gasteiger partial charge in [-0.3, -0.25) is 14.2 Å². The van der Waals surface area contributed by atoms with Crippen molar-refractivity contribution in [1.82, 2.24) is 14.3 Å². The number of carbonyl (C=O) groups is 1. The molecule has 0 spiro atoms. The Hall–Kier alpha value is -1.52. The molecular formula is C23H32ClN3O4S2. The van der Waals surface area contributed by atoms with Crippen LogP contribution in [0.2, 0.25) is 5.02 Å². The lowest BCUT2D eigenvalue weighted by Gasteiger charge is -2.29. The van der Waals surface area contributed by atoms with Gasteiger partial charge < -0.3 is 9.29 Å². The number of carbonyl (C=O) groups excluding carboxylic acids is 1. The summed E-state index contributed by atoms with van der Waals surface area (Å²) in [6, 6.07) is 8.64.